The van der Waals surface area contributed by atoms with Gasteiger partial charge in [0.25, 0.3) is 5.78 Å². The Hall–Kier alpha value is -2.41. The predicted molar refractivity (Wildman–Crippen MR) is 95.5 cm³/mol. The van der Waals surface area contributed by atoms with Gasteiger partial charge in [0.2, 0.25) is 11.1 Å². The number of nitrogens with zero attached hydrogens (tertiary/aromatic N) is 4. The highest BCUT2D eigenvalue weighted by molar-refractivity contribution is 7.99. The summed E-state index contributed by atoms with van der Waals surface area (Å²) in [5, 5.41) is 7.88. The number of aryl methyl sites for hydroxylation is 3. The van der Waals surface area contributed by atoms with Crippen molar-refractivity contribution in [2.45, 2.75) is 32.9 Å². The van der Waals surface area contributed by atoms with Crippen molar-refractivity contribution in [3.63, 3.8) is 0 Å². The quantitative estimate of drug-likeness (QED) is 0.738. The van der Waals surface area contributed by atoms with E-state index in [0.717, 1.165) is 28.2 Å². The van der Waals surface area contributed by atoms with Crippen molar-refractivity contribution in [1.82, 2.24) is 19.6 Å². The first kappa shape index (κ1) is 16.4. The second-order valence-electron chi connectivity index (χ2n) is 5.73. The molecule has 0 aliphatic rings. The van der Waals surface area contributed by atoms with Crippen LogP contribution in [0.1, 0.15) is 22.5 Å². The maximum atomic E-state index is 12.2. The van der Waals surface area contributed by atoms with Crippen molar-refractivity contribution in [3.8, 4) is 0 Å². The predicted octanol–water partition coefficient (Wildman–Crippen LogP) is 3.09. The standard InChI is InChI=1S/C17H19N5OS/c1-10-6-5-7-14(13(10)4)19-15(23)9-24-17-20-16-18-11(2)8-12(3)22(16)21-17/h5-8H,9H2,1-4H3,(H,19,23). The van der Waals surface area contributed by atoms with Crippen LogP contribution in [0.15, 0.2) is 29.4 Å². The fourth-order valence-electron chi connectivity index (χ4n) is 2.41. The van der Waals surface area contributed by atoms with E-state index in [1.165, 1.54) is 11.8 Å². The lowest BCUT2D eigenvalue weighted by Crippen LogP contribution is -2.15. The van der Waals surface area contributed by atoms with Crippen molar-refractivity contribution in [2.24, 2.45) is 0 Å². The number of nitrogens with one attached hydrogen (secondary N) is 1. The van der Waals surface area contributed by atoms with Crippen LogP contribution in [0.4, 0.5) is 5.69 Å². The van der Waals surface area contributed by atoms with Crippen molar-refractivity contribution in [2.75, 3.05) is 11.1 Å². The van der Waals surface area contributed by atoms with E-state index >= 15 is 0 Å². The molecule has 124 valence electrons. The van der Waals surface area contributed by atoms with E-state index in [1.54, 1.807) is 4.52 Å². The highest BCUT2D eigenvalue weighted by Gasteiger charge is 2.11. The summed E-state index contributed by atoms with van der Waals surface area (Å²) in [6.07, 6.45) is 0. The first-order valence-electron chi connectivity index (χ1n) is 7.64. The topological polar surface area (TPSA) is 72.2 Å². The molecule has 0 saturated heterocycles. The molecule has 6 nitrogen and oxygen atoms in total. The Morgan fingerprint density at radius 1 is 1.21 bits per heavy atom. The zero-order chi connectivity index (χ0) is 17.3. The van der Waals surface area contributed by atoms with E-state index < -0.39 is 0 Å². The fourth-order valence-corrected chi connectivity index (χ4v) is 3.03. The number of benzene rings is 1. The minimum atomic E-state index is -0.0755. The minimum Gasteiger partial charge on any atom is -0.325 e. The van der Waals surface area contributed by atoms with Gasteiger partial charge < -0.3 is 5.32 Å². The van der Waals surface area contributed by atoms with Crippen LogP contribution in [0.2, 0.25) is 0 Å². The van der Waals surface area contributed by atoms with Crippen molar-refractivity contribution < 1.29 is 4.79 Å². The SMILES string of the molecule is Cc1cc(C)n2nc(SCC(=O)Nc3cccc(C)c3C)nc2n1. The largest absolute Gasteiger partial charge is 0.325 e. The van der Waals surface area contributed by atoms with Gasteiger partial charge in [0.15, 0.2) is 0 Å². The summed E-state index contributed by atoms with van der Waals surface area (Å²) >= 11 is 1.30. The highest BCUT2D eigenvalue weighted by Crippen LogP contribution is 2.19. The van der Waals surface area contributed by atoms with Gasteiger partial charge in [-0.05, 0) is 51.0 Å². The maximum absolute atomic E-state index is 12.2. The van der Waals surface area contributed by atoms with Gasteiger partial charge in [0.05, 0.1) is 5.75 Å². The first-order valence-corrected chi connectivity index (χ1v) is 8.62. The lowest BCUT2D eigenvalue weighted by atomic mass is 10.1. The fraction of sp³-hybridized carbons (Fsp3) is 0.294. The number of carbonyl (C=O) groups excluding carboxylic acids is 1. The zero-order valence-corrected chi connectivity index (χ0v) is 14.9. The number of thioether (sulfide) groups is 1. The van der Waals surface area contributed by atoms with Crippen LogP contribution < -0.4 is 5.32 Å². The van der Waals surface area contributed by atoms with Crippen LogP contribution in [0.5, 0.6) is 0 Å². The second-order valence-corrected chi connectivity index (χ2v) is 6.67. The molecule has 0 atom stereocenters. The van der Waals surface area contributed by atoms with Gasteiger partial charge in [0.1, 0.15) is 0 Å². The Morgan fingerprint density at radius 3 is 2.79 bits per heavy atom. The van der Waals surface area contributed by atoms with Crippen LogP contribution in [0.3, 0.4) is 0 Å². The summed E-state index contributed by atoms with van der Waals surface area (Å²) in [5.41, 5.74) is 4.95. The van der Waals surface area contributed by atoms with Crippen molar-refractivity contribution in [3.05, 3.63) is 46.8 Å². The van der Waals surface area contributed by atoms with E-state index in [4.69, 9.17) is 0 Å². The Balaban J connectivity index is 1.68. The molecule has 0 bridgehead atoms. The monoisotopic (exact) mass is 341 g/mol. The Labute approximate surface area is 144 Å². The summed E-state index contributed by atoms with van der Waals surface area (Å²) in [7, 11) is 0. The molecular weight excluding hydrogens is 322 g/mol. The van der Waals surface area contributed by atoms with Crippen LogP contribution in [-0.4, -0.2) is 31.2 Å². The summed E-state index contributed by atoms with van der Waals surface area (Å²) < 4.78 is 1.69. The first-order chi connectivity index (χ1) is 11.4. The molecule has 2 aromatic heterocycles. The zero-order valence-electron chi connectivity index (χ0n) is 14.1. The molecule has 3 aromatic rings. The minimum absolute atomic E-state index is 0.0755. The van der Waals surface area contributed by atoms with E-state index in [9.17, 15) is 4.79 Å². The summed E-state index contributed by atoms with van der Waals surface area (Å²) in [5.74, 6) is 0.737. The van der Waals surface area contributed by atoms with Gasteiger partial charge in [-0.1, -0.05) is 23.9 Å². The Kier molecular flexibility index (Phi) is 4.53. The Morgan fingerprint density at radius 2 is 2.00 bits per heavy atom. The molecule has 0 fully saturated rings. The average molecular weight is 341 g/mol. The number of aromatic nitrogens is 4. The third kappa shape index (κ3) is 3.41. The number of fused-ring (bicyclic) bond motifs is 1. The van der Waals surface area contributed by atoms with Gasteiger partial charge in [-0.2, -0.15) is 4.98 Å². The molecule has 0 aliphatic heterocycles. The maximum Gasteiger partial charge on any atom is 0.253 e. The number of rotatable bonds is 4. The van der Waals surface area contributed by atoms with Gasteiger partial charge in [-0.15, -0.1) is 5.10 Å². The molecule has 7 heteroatoms. The average Bonchev–Trinajstić information content (AvgIpc) is 2.93. The molecule has 0 spiro atoms. The molecule has 0 unspecified atom stereocenters. The van der Waals surface area contributed by atoms with Gasteiger partial charge in [0, 0.05) is 17.1 Å². The molecule has 1 aromatic carbocycles. The summed E-state index contributed by atoms with van der Waals surface area (Å²) in [6.45, 7) is 7.90. The van der Waals surface area contributed by atoms with Crippen LogP contribution >= 0.6 is 11.8 Å². The molecule has 24 heavy (non-hydrogen) atoms. The van der Waals surface area contributed by atoms with Crippen molar-refractivity contribution in [1.29, 1.82) is 0 Å². The molecular formula is C17H19N5OS. The van der Waals surface area contributed by atoms with Gasteiger partial charge >= 0.3 is 0 Å². The molecule has 0 radical (unpaired) electrons. The summed E-state index contributed by atoms with van der Waals surface area (Å²) in [4.78, 5) is 20.9. The van der Waals surface area contributed by atoms with E-state index in [1.807, 2.05) is 52.0 Å². The van der Waals surface area contributed by atoms with Crippen molar-refractivity contribution >= 4 is 29.1 Å². The van der Waals surface area contributed by atoms with Crippen LogP contribution in [-0.2, 0) is 4.79 Å². The molecule has 1 N–H and O–H groups in total. The third-order valence-electron chi connectivity index (χ3n) is 3.81. The number of hydrogen-bond acceptors (Lipinski definition) is 5. The number of amides is 1. The number of hydrogen-bond donors (Lipinski definition) is 1. The third-order valence-corrected chi connectivity index (χ3v) is 4.65. The number of carbonyl (C=O) groups is 1. The molecule has 0 aliphatic carbocycles. The summed E-state index contributed by atoms with van der Waals surface area (Å²) in [6, 6.07) is 7.82. The normalized spacial score (nSPS) is 11.0. The second kappa shape index (κ2) is 6.60. The van der Waals surface area contributed by atoms with Crippen LogP contribution in [0, 0.1) is 27.7 Å². The van der Waals surface area contributed by atoms with E-state index in [2.05, 4.69) is 20.4 Å². The van der Waals surface area contributed by atoms with Crippen LogP contribution in [0.25, 0.3) is 5.78 Å². The Bertz CT molecular complexity index is 919. The van der Waals surface area contributed by atoms with E-state index in [0.29, 0.717) is 10.9 Å². The lowest BCUT2D eigenvalue weighted by molar-refractivity contribution is -0.113. The molecule has 2 heterocycles. The smallest absolute Gasteiger partial charge is 0.253 e. The van der Waals surface area contributed by atoms with Gasteiger partial charge in [-0.25, -0.2) is 9.50 Å². The number of anilines is 1. The lowest BCUT2D eigenvalue weighted by Gasteiger charge is -2.09. The van der Waals surface area contributed by atoms with E-state index in [-0.39, 0.29) is 11.7 Å². The molecule has 3 rings (SSSR count). The molecule has 0 saturated carbocycles. The molecule has 1 amide bonds. The van der Waals surface area contributed by atoms with Gasteiger partial charge in [-0.3, -0.25) is 4.79 Å². The highest BCUT2D eigenvalue weighted by atomic mass is 32.2.